The van der Waals surface area contributed by atoms with Gasteiger partial charge in [-0.1, -0.05) is 18.2 Å². The minimum absolute atomic E-state index is 0.133. The van der Waals surface area contributed by atoms with Crippen molar-refractivity contribution in [3.63, 3.8) is 0 Å². The lowest BCUT2D eigenvalue weighted by atomic mass is 10.1. The van der Waals surface area contributed by atoms with E-state index < -0.39 is 35.0 Å². The Kier molecular flexibility index (Phi) is 5.90. The van der Waals surface area contributed by atoms with Crippen molar-refractivity contribution in [1.82, 2.24) is 14.5 Å². The number of rotatable bonds is 6. The van der Waals surface area contributed by atoms with Crippen LogP contribution in [-0.4, -0.2) is 45.0 Å². The van der Waals surface area contributed by atoms with Crippen LogP contribution in [0.2, 0.25) is 0 Å². The van der Waals surface area contributed by atoms with Crippen LogP contribution in [0.3, 0.4) is 0 Å². The van der Waals surface area contributed by atoms with Crippen LogP contribution in [0.4, 0.5) is 4.39 Å². The predicted molar refractivity (Wildman–Crippen MR) is 120 cm³/mol. The fraction of sp³-hybridized carbons (Fsp3) is 0.130. The molecule has 168 valence electrons. The van der Waals surface area contributed by atoms with Crippen LogP contribution >= 0.6 is 0 Å². The maximum absolute atomic E-state index is 13.2. The lowest BCUT2D eigenvalue weighted by Crippen LogP contribution is -2.31. The molecule has 0 aliphatic heterocycles. The summed E-state index contributed by atoms with van der Waals surface area (Å²) in [6.07, 6.45) is 2.95. The normalized spacial score (nSPS) is 12.3. The van der Waals surface area contributed by atoms with Crippen molar-refractivity contribution >= 4 is 23.1 Å². The van der Waals surface area contributed by atoms with Crippen LogP contribution < -0.4 is 11.2 Å². The minimum atomic E-state index is -1.01. The Labute approximate surface area is 185 Å². The molecular formula is C23H19FN4O5. The molecule has 0 unspecified atom stereocenters. The standard InChI is InChI=1S/C23H19FN4O5/c1-33-22(31)19(10-13-11-25-18-5-3-2-4-16(13)18)26-12-17-20(29)27-23(32)28(21(17)30)15-8-6-14(24)7-9-15/h2-9,11-12,19,25,30H,10H2,1H3,(H,27,29,32)/t19-/m1/s1. The van der Waals surface area contributed by atoms with E-state index in [-0.39, 0.29) is 17.7 Å². The zero-order chi connectivity index (χ0) is 23.5. The molecule has 1 atom stereocenters. The molecule has 0 spiro atoms. The Hall–Kier alpha value is -4.47. The first-order valence-electron chi connectivity index (χ1n) is 9.89. The molecule has 0 aliphatic carbocycles. The lowest BCUT2D eigenvalue weighted by Gasteiger charge is -2.11. The second-order valence-corrected chi connectivity index (χ2v) is 7.19. The van der Waals surface area contributed by atoms with Crippen LogP contribution in [0.15, 0.2) is 69.3 Å². The molecule has 0 amide bonds. The molecule has 33 heavy (non-hydrogen) atoms. The fourth-order valence-electron chi connectivity index (χ4n) is 3.49. The Morgan fingerprint density at radius 1 is 1.21 bits per heavy atom. The van der Waals surface area contributed by atoms with E-state index in [2.05, 4.69) is 15.0 Å². The molecule has 10 heteroatoms. The van der Waals surface area contributed by atoms with E-state index in [0.717, 1.165) is 39.4 Å². The van der Waals surface area contributed by atoms with Gasteiger partial charge in [0, 0.05) is 29.7 Å². The summed E-state index contributed by atoms with van der Waals surface area (Å²) < 4.78 is 18.9. The van der Waals surface area contributed by atoms with Crippen molar-refractivity contribution < 1.29 is 19.0 Å². The summed E-state index contributed by atoms with van der Waals surface area (Å²) in [6, 6.07) is 11.3. The molecule has 0 saturated carbocycles. The highest BCUT2D eigenvalue weighted by molar-refractivity contribution is 5.87. The zero-order valence-corrected chi connectivity index (χ0v) is 17.4. The Bertz CT molecular complexity index is 1470. The Balaban J connectivity index is 1.72. The molecule has 2 aromatic carbocycles. The van der Waals surface area contributed by atoms with Crippen molar-refractivity contribution in [2.24, 2.45) is 4.99 Å². The summed E-state index contributed by atoms with van der Waals surface area (Å²) in [7, 11) is 1.22. The fourth-order valence-corrected chi connectivity index (χ4v) is 3.49. The number of aromatic hydroxyl groups is 1. The van der Waals surface area contributed by atoms with Crippen molar-refractivity contribution in [3.8, 4) is 11.6 Å². The van der Waals surface area contributed by atoms with Crippen LogP contribution in [0.5, 0.6) is 5.88 Å². The summed E-state index contributed by atoms with van der Waals surface area (Å²) >= 11 is 0. The number of aromatic nitrogens is 3. The average Bonchev–Trinajstić information content (AvgIpc) is 3.21. The highest BCUT2D eigenvalue weighted by atomic mass is 19.1. The smallest absolute Gasteiger partial charge is 0.335 e. The predicted octanol–water partition coefficient (Wildman–Crippen LogP) is 2.05. The number of hydrogen-bond donors (Lipinski definition) is 3. The number of benzene rings is 2. The molecule has 4 aromatic rings. The summed E-state index contributed by atoms with van der Waals surface area (Å²) in [5, 5.41) is 11.5. The van der Waals surface area contributed by atoms with Crippen LogP contribution in [0, 0.1) is 5.82 Å². The zero-order valence-electron chi connectivity index (χ0n) is 17.4. The number of fused-ring (bicyclic) bond motifs is 1. The van der Waals surface area contributed by atoms with Gasteiger partial charge in [-0.05, 0) is 35.9 Å². The molecule has 2 heterocycles. The van der Waals surface area contributed by atoms with E-state index >= 15 is 0 Å². The summed E-state index contributed by atoms with van der Waals surface area (Å²) in [5.74, 6) is -1.87. The molecule has 0 saturated heterocycles. The summed E-state index contributed by atoms with van der Waals surface area (Å²) in [5.41, 5.74) is -0.312. The number of para-hydroxylation sites is 1. The van der Waals surface area contributed by atoms with Gasteiger partial charge in [-0.25, -0.2) is 18.5 Å². The van der Waals surface area contributed by atoms with E-state index in [1.54, 1.807) is 6.20 Å². The number of hydrogen-bond acceptors (Lipinski definition) is 6. The number of esters is 1. The SMILES string of the molecule is COC(=O)[C@@H](Cc1c[nH]c2ccccc12)N=Cc1c(O)n(-c2ccc(F)cc2)c(=O)[nH]c1=O. The third-order valence-electron chi connectivity index (χ3n) is 5.15. The van der Waals surface area contributed by atoms with Gasteiger partial charge < -0.3 is 14.8 Å². The van der Waals surface area contributed by atoms with Crippen LogP contribution in [-0.2, 0) is 16.0 Å². The molecule has 9 nitrogen and oxygen atoms in total. The maximum Gasteiger partial charge on any atom is 0.335 e. The van der Waals surface area contributed by atoms with Crippen LogP contribution in [0.25, 0.3) is 16.6 Å². The molecule has 0 fully saturated rings. The van der Waals surface area contributed by atoms with Crippen molar-refractivity contribution in [3.05, 3.63) is 92.5 Å². The molecule has 0 aliphatic rings. The van der Waals surface area contributed by atoms with E-state index in [1.807, 2.05) is 24.3 Å². The maximum atomic E-state index is 13.2. The second kappa shape index (κ2) is 8.95. The first kappa shape index (κ1) is 21.8. The van der Waals surface area contributed by atoms with Gasteiger partial charge in [0.15, 0.2) is 6.04 Å². The molecule has 4 rings (SSSR count). The lowest BCUT2D eigenvalue weighted by molar-refractivity contribution is -0.142. The first-order chi connectivity index (χ1) is 15.9. The monoisotopic (exact) mass is 450 g/mol. The van der Waals surface area contributed by atoms with Gasteiger partial charge in [-0.2, -0.15) is 0 Å². The highest BCUT2D eigenvalue weighted by Gasteiger charge is 2.21. The topological polar surface area (TPSA) is 130 Å². The van der Waals surface area contributed by atoms with Gasteiger partial charge >= 0.3 is 11.7 Å². The van der Waals surface area contributed by atoms with Gasteiger partial charge in [-0.15, -0.1) is 0 Å². The average molecular weight is 450 g/mol. The van der Waals surface area contributed by atoms with E-state index in [9.17, 15) is 23.9 Å². The van der Waals surface area contributed by atoms with Gasteiger partial charge in [0.1, 0.15) is 11.4 Å². The van der Waals surface area contributed by atoms with Gasteiger partial charge in [0.2, 0.25) is 5.88 Å². The minimum Gasteiger partial charge on any atom is -0.493 e. The van der Waals surface area contributed by atoms with Gasteiger partial charge in [0.05, 0.1) is 12.8 Å². The van der Waals surface area contributed by atoms with E-state index in [1.165, 1.54) is 19.2 Å². The largest absolute Gasteiger partial charge is 0.493 e. The number of aromatic amines is 2. The number of aliphatic imine (C=N–C) groups is 1. The molecule has 2 aromatic heterocycles. The first-order valence-corrected chi connectivity index (χ1v) is 9.89. The van der Waals surface area contributed by atoms with E-state index in [4.69, 9.17) is 4.74 Å². The molecule has 0 bridgehead atoms. The molecular weight excluding hydrogens is 431 g/mol. The number of carbonyl (C=O) groups is 1. The number of ether oxygens (including phenoxy) is 1. The van der Waals surface area contributed by atoms with Crippen molar-refractivity contribution in [2.45, 2.75) is 12.5 Å². The number of methoxy groups -OCH3 is 1. The number of carbonyl (C=O) groups excluding carboxylic acids is 1. The number of halogens is 1. The van der Waals surface area contributed by atoms with Crippen LogP contribution in [0.1, 0.15) is 11.1 Å². The highest BCUT2D eigenvalue weighted by Crippen LogP contribution is 2.21. The number of nitrogens with one attached hydrogen (secondary N) is 2. The quantitative estimate of drug-likeness (QED) is 0.306. The second-order valence-electron chi connectivity index (χ2n) is 7.19. The van der Waals surface area contributed by atoms with Crippen molar-refractivity contribution in [1.29, 1.82) is 0 Å². The molecule has 0 radical (unpaired) electrons. The third-order valence-corrected chi connectivity index (χ3v) is 5.15. The molecule has 3 N–H and O–H groups in total. The number of nitrogens with zero attached hydrogens (tertiary/aromatic N) is 2. The summed E-state index contributed by atoms with van der Waals surface area (Å²) in [4.78, 5) is 46.3. The third kappa shape index (κ3) is 4.31. The Morgan fingerprint density at radius 3 is 2.67 bits per heavy atom. The Morgan fingerprint density at radius 2 is 1.94 bits per heavy atom. The van der Waals surface area contributed by atoms with E-state index in [0.29, 0.717) is 0 Å². The van der Waals surface area contributed by atoms with Crippen molar-refractivity contribution in [2.75, 3.05) is 7.11 Å². The number of H-pyrrole nitrogens is 2. The van der Waals surface area contributed by atoms with Gasteiger partial charge in [-0.3, -0.25) is 14.8 Å². The summed E-state index contributed by atoms with van der Waals surface area (Å²) in [6.45, 7) is 0. The van der Waals surface area contributed by atoms with Gasteiger partial charge in [0.25, 0.3) is 5.56 Å².